The average molecular weight is 329 g/mol. The molecule has 1 fully saturated rings. The van der Waals surface area contributed by atoms with Crippen molar-refractivity contribution in [1.29, 1.82) is 0 Å². The summed E-state index contributed by atoms with van der Waals surface area (Å²) in [5.74, 6) is -1.14. The second-order valence-electron chi connectivity index (χ2n) is 5.93. The zero-order valence-corrected chi connectivity index (χ0v) is 13.3. The van der Waals surface area contributed by atoms with E-state index < -0.39 is 11.6 Å². The topological polar surface area (TPSA) is 70.4 Å². The number of halogens is 1. The van der Waals surface area contributed by atoms with Crippen LogP contribution in [0, 0.1) is 5.82 Å². The van der Waals surface area contributed by atoms with E-state index in [0.717, 1.165) is 0 Å². The first-order valence-corrected chi connectivity index (χ1v) is 8.21. The largest absolute Gasteiger partial charge is 0.505 e. The van der Waals surface area contributed by atoms with Crippen LogP contribution in [0.1, 0.15) is 38.5 Å². The second-order valence-corrected chi connectivity index (χ2v) is 5.93. The van der Waals surface area contributed by atoms with Gasteiger partial charge in [0.15, 0.2) is 17.2 Å². The summed E-state index contributed by atoms with van der Waals surface area (Å²) >= 11 is 0. The molecule has 0 bridgehead atoms. The highest BCUT2D eigenvalue weighted by molar-refractivity contribution is 5.63. The Morgan fingerprint density at radius 2 is 1.71 bits per heavy atom. The molecule has 0 saturated heterocycles. The third kappa shape index (κ3) is 3.64. The number of rotatable bonds is 1. The van der Waals surface area contributed by atoms with Gasteiger partial charge in [-0.25, -0.2) is 13.9 Å². The van der Waals surface area contributed by atoms with Crippen LogP contribution < -0.4 is 5.56 Å². The number of nitrogens with zero attached hydrogens (tertiary/aromatic N) is 2. The number of aromatic amines is 1. The Labute approximate surface area is 138 Å². The third-order valence-electron chi connectivity index (χ3n) is 4.14. The zero-order valence-electron chi connectivity index (χ0n) is 13.3. The number of nitrogens with one attached hydrogen (secondary N) is 1. The molecule has 5 nitrogen and oxygen atoms in total. The summed E-state index contributed by atoms with van der Waals surface area (Å²) in [6, 6.07) is 6.92. The van der Waals surface area contributed by atoms with Gasteiger partial charge in [-0.2, -0.15) is 0 Å². The normalized spacial score (nSPS) is 14.2. The van der Waals surface area contributed by atoms with E-state index in [1.54, 1.807) is 12.1 Å². The number of aromatic nitrogens is 3. The molecular weight excluding hydrogens is 309 g/mol. The van der Waals surface area contributed by atoms with E-state index in [0.29, 0.717) is 16.9 Å². The molecule has 6 heteroatoms. The maximum atomic E-state index is 13.3. The summed E-state index contributed by atoms with van der Waals surface area (Å²) < 4.78 is 14.8. The fourth-order valence-corrected chi connectivity index (χ4v) is 2.83. The summed E-state index contributed by atoms with van der Waals surface area (Å²) in [5, 5.41) is 11.7. The Morgan fingerprint density at radius 3 is 2.33 bits per heavy atom. The average Bonchev–Trinajstić information content (AvgIpc) is 3.02. The predicted molar refractivity (Wildman–Crippen MR) is 90.6 cm³/mol. The van der Waals surface area contributed by atoms with Crippen LogP contribution in [0.2, 0.25) is 0 Å². The van der Waals surface area contributed by atoms with Gasteiger partial charge >= 0.3 is 0 Å². The van der Waals surface area contributed by atoms with Gasteiger partial charge in [-0.3, -0.25) is 9.89 Å². The molecule has 0 unspecified atom stereocenters. The lowest BCUT2D eigenvalue weighted by Gasteiger charge is -2.05. The van der Waals surface area contributed by atoms with Crippen LogP contribution in [0.25, 0.3) is 16.9 Å². The van der Waals surface area contributed by atoms with E-state index in [-0.39, 0.29) is 5.56 Å². The third-order valence-corrected chi connectivity index (χ3v) is 4.14. The van der Waals surface area contributed by atoms with Gasteiger partial charge in [0, 0.05) is 11.6 Å². The standard InChI is InChI=1S/C12H8FN3O2.C6H12/c13-8-5-7(1-2-10(8)17)9-6-14-11-3-4-12(18)15-16(9)11;1-2-4-6-5-3-1/h1-6,17H,(H,15,18);1-6H2. The maximum Gasteiger partial charge on any atom is 0.263 e. The van der Waals surface area contributed by atoms with Crippen molar-refractivity contribution >= 4 is 5.65 Å². The minimum Gasteiger partial charge on any atom is -0.505 e. The summed E-state index contributed by atoms with van der Waals surface area (Å²) in [6.07, 6.45) is 10.5. The maximum absolute atomic E-state index is 13.3. The van der Waals surface area contributed by atoms with Crippen LogP contribution in [-0.4, -0.2) is 19.7 Å². The first-order chi connectivity index (χ1) is 11.6. The number of hydrogen-bond acceptors (Lipinski definition) is 3. The highest BCUT2D eigenvalue weighted by Gasteiger charge is 2.09. The van der Waals surface area contributed by atoms with E-state index in [4.69, 9.17) is 5.11 Å². The van der Waals surface area contributed by atoms with Crippen LogP contribution in [-0.2, 0) is 0 Å². The van der Waals surface area contributed by atoms with Crippen LogP contribution in [0.5, 0.6) is 5.75 Å². The van der Waals surface area contributed by atoms with Gasteiger partial charge in [0.05, 0.1) is 11.9 Å². The minimum atomic E-state index is -0.722. The molecule has 3 aromatic rings. The molecule has 1 saturated carbocycles. The SMILES string of the molecule is C1CCCCC1.O=c1ccc2ncc(-c3ccc(O)c(F)c3)n2[nH]1. The Hall–Kier alpha value is -2.63. The summed E-state index contributed by atoms with van der Waals surface area (Å²) in [5.41, 5.74) is 1.33. The van der Waals surface area contributed by atoms with Crippen LogP contribution in [0.4, 0.5) is 4.39 Å². The fraction of sp³-hybridized carbons (Fsp3) is 0.333. The lowest BCUT2D eigenvalue weighted by Crippen LogP contribution is -2.09. The number of imidazole rings is 1. The molecule has 1 aliphatic carbocycles. The molecule has 126 valence electrons. The van der Waals surface area contributed by atoms with E-state index >= 15 is 0 Å². The lowest BCUT2D eigenvalue weighted by molar-refractivity contribution is 0.432. The van der Waals surface area contributed by atoms with Gasteiger partial charge in [0.25, 0.3) is 5.56 Å². The lowest BCUT2D eigenvalue weighted by atomic mass is 10.0. The van der Waals surface area contributed by atoms with Gasteiger partial charge in [-0.15, -0.1) is 0 Å². The van der Waals surface area contributed by atoms with Crippen molar-refractivity contribution < 1.29 is 9.50 Å². The molecule has 1 aromatic carbocycles. The van der Waals surface area contributed by atoms with Crippen molar-refractivity contribution in [3.8, 4) is 17.0 Å². The second kappa shape index (κ2) is 7.29. The molecule has 0 atom stereocenters. The van der Waals surface area contributed by atoms with Crippen LogP contribution >= 0.6 is 0 Å². The Bertz CT molecular complexity index is 870. The highest BCUT2D eigenvalue weighted by Crippen LogP contribution is 2.24. The summed E-state index contributed by atoms with van der Waals surface area (Å²) in [6.45, 7) is 0. The van der Waals surface area contributed by atoms with E-state index in [2.05, 4.69) is 10.1 Å². The Balaban J connectivity index is 0.000000238. The molecule has 2 N–H and O–H groups in total. The molecule has 0 spiro atoms. The molecule has 4 rings (SSSR count). The molecule has 2 aromatic heterocycles. The molecule has 0 radical (unpaired) electrons. The first kappa shape index (κ1) is 16.2. The monoisotopic (exact) mass is 329 g/mol. The van der Waals surface area contributed by atoms with Crippen molar-refractivity contribution in [1.82, 2.24) is 14.6 Å². The molecular formula is C18H20FN3O2. The molecule has 24 heavy (non-hydrogen) atoms. The van der Waals surface area contributed by atoms with E-state index in [9.17, 15) is 9.18 Å². The molecule has 0 aliphatic heterocycles. The number of fused-ring (bicyclic) bond motifs is 1. The summed E-state index contributed by atoms with van der Waals surface area (Å²) in [4.78, 5) is 15.4. The van der Waals surface area contributed by atoms with Crippen molar-refractivity contribution in [3.05, 3.63) is 52.7 Å². The van der Waals surface area contributed by atoms with E-state index in [1.165, 1.54) is 67.4 Å². The number of phenolic OH excluding ortho intramolecular Hbond substituents is 1. The Kier molecular flexibility index (Phi) is 4.93. The minimum absolute atomic E-state index is 0.277. The number of phenols is 1. The summed E-state index contributed by atoms with van der Waals surface area (Å²) in [7, 11) is 0. The van der Waals surface area contributed by atoms with Crippen molar-refractivity contribution in [3.63, 3.8) is 0 Å². The molecule has 0 amide bonds. The van der Waals surface area contributed by atoms with Gasteiger partial charge in [-0.05, 0) is 24.3 Å². The van der Waals surface area contributed by atoms with Crippen molar-refractivity contribution in [2.45, 2.75) is 38.5 Å². The molecule has 2 heterocycles. The van der Waals surface area contributed by atoms with E-state index in [1.807, 2.05) is 0 Å². The Morgan fingerprint density at radius 1 is 1.04 bits per heavy atom. The number of aromatic hydroxyl groups is 1. The van der Waals surface area contributed by atoms with Crippen LogP contribution in [0.15, 0.2) is 41.3 Å². The van der Waals surface area contributed by atoms with Crippen molar-refractivity contribution in [2.24, 2.45) is 0 Å². The fourth-order valence-electron chi connectivity index (χ4n) is 2.83. The number of hydrogen-bond donors (Lipinski definition) is 2. The highest BCUT2D eigenvalue weighted by atomic mass is 19.1. The van der Waals surface area contributed by atoms with Gasteiger partial charge in [-0.1, -0.05) is 38.5 Å². The number of H-pyrrole nitrogens is 1. The van der Waals surface area contributed by atoms with Crippen molar-refractivity contribution in [2.75, 3.05) is 0 Å². The number of benzene rings is 1. The molecule has 1 aliphatic rings. The smallest absolute Gasteiger partial charge is 0.263 e. The first-order valence-electron chi connectivity index (χ1n) is 8.21. The van der Waals surface area contributed by atoms with Gasteiger partial charge in [0.1, 0.15) is 0 Å². The van der Waals surface area contributed by atoms with Crippen LogP contribution in [0.3, 0.4) is 0 Å². The van der Waals surface area contributed by atoms with Gasteiger partial charge in [0.2, 0.25) is 0 Å². The zero-order chi connectivity index (χ0) is 16.9. The quantitative estimate of drug-likeness (QED) is 0.712. The predicted octanol–water partition coefficient (Wildman–Crippen LogP) is 3.87. The van der Waals surface area contributed by atoms with Gasteiger partial charge < -0.3 is 5.11 Å².